The lowest BCUT2D eigenvalue weighted by Gasteiger charge is -2.20. The predicted octanol–water partition coefficient (Wildman–Crippen LogP) is 2.77. The van der Waals surface area contributed by atoms with Crippen LogP contribution in [0.5, 0.6) is 11.5 Å². The Morgan fingerprint density at radius 2 is 2.00 bits per heavy atom. The molecule has 2 aromatic rings. The lowest BCUT2D eigenvalue weighted by atomic mass is 10.1. The second-order valence-electron chi connectivity index (χ2n) is 5.78. The minimum Gasteiger partial charge on any atom is -0.493 e. The van der Waals surface area contributed by atoms with E-state index in [1.54, 1.807) is 49.8 Å². The van der Waals surface area contributed by atoms with E-state index in [4.69, 9.17) is 14.9 Å². The van der Waals surface area contributed by atoms with Crippen molar-refractivity contribution in [2.24, 2.45) is 10.1 Å². The molecule has 1 aromatic carbocycles. The van der Waals surface area contributed by atoms with Crippen LogP contribution in [0.3, 0.4) is 0 Å². The third-order valence-electron chi connectivity index (χ3n) is 4.08. The number of nitrogens with zero attached hydrogens (tertiary/aromatic N) is 4. The van der Waals surface area contributed by atoms with Gasteiger partial charge < -0.3 is 9.47 Å². The molecule has 0 fully saturated rings. The fourth-order valence-corrected chi connectivity index (χ4v) is 3.59. The van der Waals surface area contributed by atoms with Gasteiger partial charge in [0, 0.05) is 18.0 Å². The molecular weight excluding hydrogens is 378 g/mol. The Bertz CT molecular complexity index is 1060. The number of aromatic nitrogens is 1. The zero-order valence-electron chi connectivity index (χ0n) is 15.0. The maximum absolute atomic E-state index is 12.5. The fourth-order valence-electron chi connectivity index (χ4n) is 2.71. The number of amides is 1. The molecule has 0 spiro atoms. The lowest BCUT2D eigenvalue weighted by Crippen LogP contribution is -2.35. The van der Waals surface area contributed by atoms with Gasteiger partial charge >= 0.3 is 0 Å². The lowest BCUT2D eigenvalue weighted by molar-refractivity contribution is -0.114. The van der Waals surface area contributed by atoms with Gasteiger partial charge in [0.25, 0.3) is 5.91 Å². The Hall–Kier alpha value is -3.46. The van der Waals surface area contributed by atoms with Crippen LogP contribution in [-0.2, 0) is 4.79 Å². The highest BCUT2D eigenvalue weighted by molar-refractivity contribution is 8.27. The number of carbonyl (C=O) groups excluding carboxylic acids is 1. The summed E-state index contributed by atoms with van der Waals surface area (Å²) in [5.41, 5.74) is 1.63. The zero-order chi connectivity index (χ0) is 19.7. The highest BCUT2D eigenvalue weighted by Gasteiger charge is 2.36. The van der Waals surface area contributed by atoms with Gasteiger partial charge in [-0.05, 0) is 47.7 Å². The van der Waals surface area contributed by atoms with Crippen LogP contribution in [0.4, 0.5) is 0 Å². The Morgan fingerprint density at radius 3 is 2.71 bits per heavy atom. The highest BCUT2D eigenvalue weighted by Crippen LogP contribution is 2.32. The first-order valence-corrected chi connectivity index (χ1v) is 9.05. The second-order valence-corrected chi connectivity index (χ2v) is 6.74. The van der Waals surface area contributed by atoms with E-state index >= 15 is 0 Å². The number of hydrogen-bond acceptors (Lipinski definition) is 7. The predicted molar refractivity (Wildman–Crippen MR) is 108 cm³/mol. The molecule has 0 saturated heterocycles. The van der Waals surface area contributed by atoms with Gasteiger partial charge in [0.15, 0.2) is 17.3 Å². The van der Waals surface area contributed by atoms with Gasteiger partial charge in [0.2, 0.25) is 5.17 Å². The van der Waals surface area contributed by atoms with Crippen molar-refractivity contribution in [1.29, 1.82) is 5.41 Å². The molecule has 0 aliphatic carbocycles. The summed E-state index contributed by atoms with van der Waals surface area (Å²) in [6, 6.07) is 8.91. The number of fused-ring (bicyclic) bond motifs is 1. The van der Waals surface area contributed by atoms with Crippen LogP contribution in [0, 0.1) is 5.41 Å². The highest BCUT2D eigenvalue weighted by atomic mass is 32.2. The Balaban J connectivity index is 1.68. The van der Waals surface area contributed by atoms with Crippen LogP contribution < -0.4 is 9.47 Å². The smallest absolute Gasteiger partial charge is 0.283 e. The van der Waals surface area contributed by atoms with E-state index < -0.39 is 5.91 Å². The summed E-state index contributed by atoms with van der Waals surface area (Å²) in [6.45, 7) is 0. The second kappa shape index (κ2) is 7.28. The molecule has 8 nitrogen and oxygen atoms in total. The summed E-state index contributed by atoms with van der Waals surface area (Å²) in [5.74, 6) is 0.596. The maximum atomic E-state index is 12.5. The molecular formula is C19H15N5O3S. The van der Waals surface area contributed by atoms with Crippen molar-refractivity contribution in [2.75, 3.05) is 14.2 Å². The van der Waals surface area contributed by atoms with Gasteiger partial charge in [-0.3, -0.25) is 15.2 Å². The summed E-state index contributed by atoms with van der Waals surface area (Å²) in [7, 11) is 3.09. The SMILES string of the molecule is COc1ccc(/C=C2/C(=N)N3N=C(c4cccnc4)SC3=NC2=O)cc1OC. The van der Waals surface area contributed by atoms with E-state index in [2.05, 4.69) is 15.1 Å². The first kappa shape index (κ1) is 17.9. The third kappa shape index (κ3) is 3.16. The quantitative estimate of drug-likeness (QED) is 0.802. The molecule has 2 aliphatic heterocycles. The van der Waals surface area contributed by atoms with Crippen LogP contribution in [0.15, 0.2) is 58.4 Å². The number of aliphatic imine (C=N–C) groups is 1. The third-order valence-corrected chi connectivity index (χ3v) is 5.04. The molecule has 3 heterocycles. The largest absolute Gasteiger partial charge is 0.493 e. The number of thioether (sulfide) groups is 1. The molecule has 0 unspecified atom stereocenters. The average molecular weight is 393 g/mol. The molecule has 1 amide bonds. The summed E-state index contributed by atoms with van der Waals surface area (Å²) < 4.78 is 10.5. The Kier molecular flexibility index (Phi) is 4.66. The van der Waals surface area contributed by atoms with Gasteiger partial charge in [0.05, 0.1) is 19.8 Å². The van der Waals surface area contributed by atoms with Crippen molar-refractivity contribution in [3.63, 3.8) is 0 Å². The number of hydrazone groups is 1. The van der Waals surface area contributed by atoms with Crippen molar-refractivity contribution in [3.05, 3.63) is 59.4 Å². The van der Waals surface area contributed by atoms with Crippen molar-refractivity contribution in [1.82, 2.24) is 9.99 Å². The number of ether oxygens (including phenoxy) is 2. The van der Waals surface area contributed by atoms with Crippen LogP contribution in [0.2, 0.25) is 0 Å². The van der Waals surface area contributed by atoms with E-state index in [1.165, 1.54) is 23.9 Å². The monoisotopic (exact) mass is 393 g/mol. The first-order chi connectivity index (χ1) is 13.6. The van der Waals surface area contributed by atoms with Crippen LogP contribution >= 0.6 is 11.8 Å². The number of methoxy groups -OCH3 is 2. The van der Waals surface area contributed by atoms with E-state index in [1.807, 2.05) is 6.07 Å². The molecule has 0 bridgehead atoms. The van der Waals surface area contributed by atoms with Crippen LogP contribution in [0.25, 0.3) is 6.08 Å². The standard InChI is InChI=1S/C19H15N5O3S/c1-26-14-6-5-11(9-15(14)27-2)8-13-16(20)24-19(22-17(13)25)28-18(23-24)12-4-3-7-21-10-12/h3-10,20H,1-2H3/b13-8-,20-16?. The number of benzene rings is 1. The van der Waals surface area contributed by atoms with Crippen LogP contribution in [0.1, 0.15) is 11.1 Å². The number of pyridine rings is 1. The molecule has 140 valence electrons. The van der Waals surface area contributed by atoms with E-state index in [-0.39, 0.29) is 11.4 Å². The number of nitrogens with one attached hydrogen (secondary N) is 1. The first-order valence-electron chi connectivity index (χ1n) is 8.23. The summed E-state index contributed by atoms with van der Waals surface area (Å²) >= 11 is 1.24. The molecule has 1 N–H and O–H groups in total. The van der Waals surface area contributed by atoms with E-state index in [0.717, 1.165) is 5.56 Å². The van der Waals surface area contributed by atoms with E-state index in [9.17, 15) is 4.79 Å². The van der Waals surface area contributed by atoms with Gasteiger partial charge in [-0.1, -0.05) is 6.07 Å². The summed E-state index contributed by atoms with van der Waals surface area (Å²) in [5, 5.41) is 15.2. The van der Waals surface area contributed by atoms with Crippen molar-refractivity contribution in [3.8, 4) is 11.5 Å². The Labute approximate surface area is 165 Å². The van der Waals surface area contributed by atoms with Gasteiger partial charge in [-0.15, -0.1) is 0 Å². The van der Waals surface area contributed by atoms with Gasteiger partial charge in [-0.25, -0.2) is 0 Å². The van der Waals surface area contributed by atoms with Crippen molar-refractivity contribution in [2.45, 2.75) is 0 Å². The fraction of sp³-hybridized carbons (Fsp3) is 0.105. The van der Waals surface area contributed by atoms with Crippen LogP contribution in [-0.4, -0.2) is 46.2 Å². The number of rotatable bonds is 4. The maximum Gasteiger partial charge on any atom is 0.283 e. The zero-order valence-corrected chi connectivity index (χ0v) is 15.9. The van der Waals surface area contributed by atoms with Crippen molar-refractivity contribution < 1.29 is 14.3 Å². The number of amidine groups is 2. The topological polar surface area (TPSA) is 100 Å². The molecule has 28 heavy (non-hydrogen) atoms. The minimum absolute atomic E-state index is 0.0313. The molecule has 1 aromatic heterocycles. The van der Waals surface area contributed by atoms with Gasteiger partial charge in [0.1, 0.15) is 5.04 Å². The molecule has 0 atom stereocenters. The number of hydrogen-bond donors (Lipinski definition) is 1. The van der Waals surface area contributed by atoms with E-state index in [0.29, 0.717) is 27.3 Å². The molecule has 0 radical (unpaired) electrons. The number of carbonyl (C=O) groups is 1. The normalized spacial score (nSPS) is 17.4. The molecule has 4 rings (SSSR count). The Morgan fingerprint density at radius 1 is 1.18 bits per heavy atom. The molecule has 9 heteroatoms. The average Bonchev–Trinajstić information content (AvgIpc) is 3.15. The molecule has 2 aliphatic rings. The van der Waals surface area contributed by atoms with Gasteiger partial charge in [-0.2, -0.15) is 15.1 Å². The van der Waals surface area contributed by atoms with Crippen molar-refractivity contribution >= 4 is 39.8 Å². The summed E-state index contributed by atoms with van der Waals surface area (Å²) in [6.07, 6.45) is 4.94. The molecule has 0 saturated carbocycles. The minimum atomic E-state index is -0.485. The summed E-state index contributed by atoms with van der Waals surface area (Å²) in [4.78, 5) is 20.7.